The number of aryl methyl sites for hydroxylation is 1. The highest BCUT2D eigenvalue weighted by Gasteiger charge is 2.18. The van der Waals surface area contributed by atoms with Gasteiger partial charge in [0, 0.05) is 34.1 Å². The zero-order valence-electron chi connectivity index (χ0n) is 29.0. The van der Waals surface area contributed by atoms with Crippen LogP contribution in [0.5, 0.6) is 0 Å². The van der Waals surface area contributed by atoms with Gasteiger partial charge in [-0.2, -0.15) is 0 Å². The van der Waals surface area contributed by atoms with E-state index in [4.69, 9.17) is 15.0 Å². The minimum Gasteiger partial charge on any atom is -0.261 e. The van der Waals surface area contributed by atoms with Crippen molar-refractivity contribution < 1.29 is 0 Å². The Labute approximate surface area is 307 Å². The maximum absolute atomic E-state index is 5.15. The van der Waals surface area contributed by atoms with Crippen molar-refractivity contribution in [3.63, 3.8) is 0 Å². The minimum atomic E-state index is 0.622. The predicted molar refractivity (Wildman–Crippen MR) is 219 cm³/mol. The third kappa shape index (κ3) is 5.58. The van der Waals surface area contributed by atoms with Gasteiger partial charge in [0.2, 0.25) is 0 Å². The predicted octanol–water partition coefficient (Wildman–Crippen LogP) is 12.5. The van der Waals surface area contributed by atoms with E-state index in [1.54, 1.807) is 0 Å². The van der Waals surface area contributed by atoms with E-state index in [0.29, 0.717) is 17.5 Å². The highest BCUT2D eigenvalue weighted by molar-refractivity contribution is 6.26. The molecule has 0 bridgehead atoms. The Morgan fingerprint density at radius 3 is 1.55 bits per heavy atom. The third-order valence-corrected chi connectivity index (χ3v) is 10.2. The number of hydrogen-bond donors (Lipinski definition) is 0. The van der Waals surface area contributed by atoms with Crippen molar-refractivity contribution in [3.05, 3.63) is 182 Å². The maximum atomic E-state index is 5.15. The van der Waals surface area contributed by atoms with E-state index in [1.807, 2.05) is 73.8 Å². The van der Waals surface area contributed by atoms with Gasteiger partial charge in [-0.3, -0.25) is 4.98 Å². The average molecular weight is 677 g/mol. The van der Waals surface area contributed by atoms with Gasteiger partial charge in [-0.05, 0) is 103 Å². The quantitative estimate of drug-likeness (QED) is 0.165. The fraction of sp³-hybridized carbons (Fsp3) is 0.0204. The summed E-state index contributed by atoms with van der Waals surface area (Å²) in [5, 5.41) is 7.53. The molecule has 2 heterocycles. The molecule has 248 valence electrons. The Kier molecular flexibility index (Phi) is 7.33. The summed E-state index contributed by atoms with van der Waals surface area (Å²) >= 11 is 0. The highest BCUT2D eigenvalue weighted by atomic mass is 15.0. The normalized spacial score (nSPS) is 11.5. The molecule has 0 N–H and O–H groups in total. The molecule has 0 radical (unpaired) electrons. The maximum Gasteiger partial charge on any atom is 0.164 e. The Balaban J connectivity index is 1.24. The molecule has 4 heteroatoms. The molecule has 0 aliphatic carbocycles. The molecule has 0 spiro atoms. The standard InChI is InChI=1S/C49H32N4/c1-31-21-22-39(30-50-31)36-17-9-18-37(25-36)40-26-41(44-29-38-19-8-15-32-23-24-33-16-10-20-43(44)46(33)45(32)38)28-42(27-40)49-52-47(34-11-4-2-5-12-34)51-48(53-49)35-13-6-3-7-14-35/h2-30H,1H3. The Morgan fingerprint density at radius 1 is 0.340 bits per heavy atom. The van der Waals surface area contributed by atoms with Gasteiger partial charge in [-0.15, -0.1) is 0 Å². The number of hydrogen-bond acceptors (Lipinski definition) is 4. The molecule has 10 rings (SSSR count). The number of benzene rings is 8. The summed E-state index contributed by atoms with van der Waals surface area (Å²) in [5.74, 6) is 1.90. The Morgan fingerprint density at radius 2 is 0.868 bits per heavy atom. The van der Waals surface area contributed by atoms with Crippen LogP contribution in [0.25, 0.3) is 99.9 Å². The lowest BCUT2D eigenvalue weighted by molar-refractivity contribution is 1.07. The highest BCUT2D eigenvalue weighted by Crippen LogP contribution is 2.42. The molecule has 10 aromatic rings. The lowest BCUT2D eigenvalue weighted by atomic mass is 9.87. The molecular weight excluding hydrogens is 645 g/mol. The average Bonchev–Trinajstić information content (AvgIpc) is 3.23. The molecule has 0 atom stereocenters. The van der Waals surface area contributed by atoms with E-state index >= 15 is 0 Å². The van der Waals surface area contributed by atoms with E-state index in [0.717, 1.165) is 50.2 Å². The van der Waals surface area contributed by atoms with E-state index in [2.05, 4.69) is 114 Å². The lowest BCUT2D eigenvalue weighted by Gasteiger charge is -2.17. The van der Waals surface area contributed by atoms with Gasteiger partial charge in [-0.1, -0.05) is 133 Å². The van der Waals surface area contributed by atoms with E-state index in [-0.39, 0.29) is 0 Å². The monoisotopic (exact) mass is 676 g/mol. The van der Waals surface area contributed by atoms with Crippen molar-refractivity contribution in [3.8, 4) is 67.5 Å². The molecule has 0 amide bonds. The van der Waals surface area contributed by atoms with Gasteiger partial charge in [-0.25, -0.2) is 15.0 Å². The van der Waals surface area contributed by atoms with Crippen molar-refractivity contribution in [1.29, 1.82) is 0 Å². The molecular formula is C49H32N4. The van der Waals surface area contributed by atoms with Crippen molar-refractivity contribution in [2.75, 3.05) is 0 Å². The van der Waals surface area contributed by atoms with Crippen LogP contribution in [0, 0.1) is 6.92 Å². The second-order valence-electron chi connectivity index (χ2n) is 13.6. The second-order valence-corrected chi connectivity index (χ2v) is 13.6. The number of aromatic nitrogens is 4. The fourth-order valence-corrected chi connectivity index (χ4v) is 7.53. The van der Waals surface area contributed by atoms with Gasteiger partial charge < -0.3 is 0 Å². The first-order valence-electron chi connectivity index (χ1n) is 17.9. The summed E-state index contributed by atoms with van der Waals surface area (Å²) in [4.78, 5) is 19.9. The fourth-order valence-electron chi connectivity index (χ4n) is 7.53. The second kappa shape index (κ2) is 12.6. The lowest BCUT2D eigenvalue weighted by Crippen LogP contribution is -2.00. The number of rotatable bonds is 6. The van der Waals surface area contributed by atoms with Crippen molar-refractivity contribution >= 4 is 32.3 Å². The zero-order valence-corrected chi connectivity index (χ0v) is 29.0. The Hall–Kier alpha value is -7.04. The van der Waals surface area contributed by atoms with Crippen LogP contribution >= 0.6 is 0 Å². The number of pyridine rings is 1. The third-order valence-electron chi connectivity index (χ3n) is 10.2. The van der Waals surface area contributed by atoms with Crippen LogP contribution in [-0.2, 0) is 0 Å². The van der Waals surface area contributed by atoms with E-state index < -0.39 is 0 Å². The summed E-state index contributed by atoms with van der Waals surface area (Å²) in [6.45, 7) is 2.01. The Bertz CT molecular complexity index is 2880. The van der Waals surface area contributed by atoms with Crippen LogP contribution in [-0.4, -0.2) is 19.9 Å². The summed E-state index contributed by atoms with van der Waals surface area (Å²) in [6.07, 6.45) is 1.95. The zero-order chi connectivity index (χ0) is 35.3. The number of nitrogens with zero attached hydrogens (tertiary/aromatic N) is 4. The smallest absolute Gasteiger partial charge is 0.164 e. The van der Waals surface area contributed by atoms with Crippen LogP contribution in [0.4, 0.5) is 0 Å². The van der Waals surface area contributed by atoms with Gasteiger partial charge in [0.05, 0.1) is 0 Å². The van der Waals surface area contributed by atoms with E-state index in [9.17, 15) is 0 Å². The first-order valence-corrected chi connectivity index (χ1v) is 17.9. The van der Waals surface area contributed by atoms with Crippen LogP contribution in [0.2, 0.25) is 0 Å². The molecule has 0 aliphatic rings. The minimum absolute atomic E-state index is 0.622. The van der Waals surface area contributed by atoms with Crippen LogP contribution in [0.1, 0.15) is 5.69 Å². The van der Waals surface area contributed by atoms with Crippen molar-refractivity contribution in [2.24, 2.45) is 0 Å². The van der Waals surface area contributed by atoms with Gasteiger partial charge in [0.25, 0.3) is 0 Å². The summed E-state index contributed by atoms with van der Waals surface area (Å²) in [5.41, 5.74) is 10.4. The molecule has 0 unspecified atom stereocenters. The molecule has 0 aliphatic heterocycles. The van der Waals surface area contributed by atoms with Crippen LogP contribution in [0.3, 0.4) is 0 Å². The van der Waals surface area contributed by atoms with Crippen molar-refractivity contribution in [2.45, 2.75) is 6.92 Å². The van der Waals surface area contributed by atoms with Gasteiger partial charge >= 0.3 is 0 Å². The largest absolute Gasteiger partial charge is 0.261 e. The molecule has 8 aromatic carbocycles. The van der Waals surface area contributed by atoms with E-state index in [1.165, 1.54) is 37.9 Å². The SMILES string of the molecule is Cc1ccc(-c2cccc(-c3cc(-c4nc(-c5ccccc5)nc(-c5ccccc5)n4)cc(-c4cc5cccc6ccc7cccc4c7c65)c3)c2)cn1. The first-order chi connectivity index (χ1) is 26.1. The molecule has 4 nitrogen and oxygen atoms in total. The van der Waals surface area contributed by atoms with Gasteiger partial charge in [0.1, 0.15) is 0 Å². The van der Waals surface area contributed by atoms with Crippen LogP contribution < -0.4 is 0 Å². The summed E-state index contributed by atoms with van der Waals surface area (Å²) in [6, 6.07) is 60.0. The summed E-state index contributed by atoms with van der Waals surface area (Å²) in [7, 11) is 0. The van der Waals surface area contributed by atoms with Gasteiger partial charge in [0.15, 0.2) is 17.5 Å². The molecule has 0 saturated heterocycles. The topological polar surface area (TPSA) is 51.6 Å². The van der Waals surface area contributed by atoms with Crippen LogP contribution in [0.15, 0.2) is 176 Å². The molecule has 0 saturated carbocycles. The molecule has 2 aromatic heterocycles. The first kappa shape index (κ1) is 30.8. The van der Waals surface area contributed by atoms with Crippen molar-refractivity contribution in [1.82, 2.24) is 19.9 Å². The molecule has 0 fully saturated rings. The molecule has 53 heavy (non-hydrogen) atoms. The summed E-state index contributed by atoms with van der Waals surface area (Å²) < 4.78 is 0.